The van der Waals surface area contributed by atoms with E-state index in [2.05, 4.69) is 4.98 Å². The van der Waals surface area contributed by atoms with Crippen molar-refractivity contribution in [1.82, 2.24) is 4.98 Å². The van der Waals surface area contributed by atoms with Gasteiger partial charge in [0.2, 0.25) is 0 Å². The molecule has 4 nitrogen and oxygen atoms in total. The van der Waals surface area contributed by atoms with Crippen molar-refractivity contribution in [1.29, 1.82) is 0 Å². The Morgan fingerprint density at radius 2 is 2.05 bits per heavy atom. The van der Waals surface area contributed by atoms with Gasteiger partial charge in [0.05, 0.1) is 4.88 Å². The molecule has 0 aromatic carbocycles. The second-order valence-electron chi connectivity index (χ2n) is 4.30. The Morgan fingerprint density at radius 1 is 1.42 bits per heavy atom. The Hall–Kier alpha value is -0.700. The van der Waals surface area contributed by atoms with Crippen molar-refractivity contribution in [3.05, 3.63) is 15.6 Å². The summed E-state index contributed by atoms with van der Waals surface area (Å²) >= 11 is 0.980. The molecule has 1 fully saturated rings. The summed E-state index contributed by atoms with van der Waals surface area (Å²) in [7, 11) is 1.49. The summed E-state index contributed by atoms with van der Waals surface area (Å²) in [5, 5.41) is 0.339. The molecule has 2 N–H and O–H groups in total. The predicted octanol–water partition coefficient (Wildman–Crippen LogP) is 2.27. The number of rotatable bonds is 3. The highest BCUT2D eigenvalue weighted by Crippen LogP contribution is 2.42. The molecule has 2 heterocycles. The number of hydrogen-bond donors (Lipinski definition) is 1. The van der Waals surface area contributed by atoms with Crippen LogP contribution in [-0.2, 0) is 27.8 Å². The molecule has 1 aliphatic rings. The lowest BCUT2D eigenvalue weighted by molar-refractivity contribution is -0.142. The largest absolute Gasteiger partial charge is 0.434 e. The lowest BCUT2D eigenvalue weighted by Gasteiger charge is -2.33. The summed E-state index contributed by atoms with van der Waals surface area (Å²) in [6.07, 6.45) is -3.49. The molecule has 0 atom stereocenters. The number of aromatic nitrogens is 1. The zero-order valence-electron chi connectivity index (χ0n) is 10.4. The van der Waals surface area contributed by atoms with Gasteiger partial charge in [0.15, 0.2) is 5.69 Å². The van der Waals surface area contributed by atoms with Gasteiger partial charge in [-0.25, -0.2) is 4.98 Å². The van der Waals surface area contributed by atoms with E-state index in [1.807, 2.05) is 0 Å². The highest BCUT2D eigenvalue weighted by molar-refractivity contribution is 7.11. The maximum absolute atomic E-state index is 12.9. The van der Waals surface area contributed by atoms with Gasteiger partial charge >= 0.3 is 6.18 Å². The fourth-order valence-electron chi connectivity index (χ4n) is 2.11. The number of thiazole rings is 1. The Kier molecular flexibility index (Phi) is 4.14. The summed E-state index contributed by atoms with van der Waals surface area (Å²) in [4.78, 5) is 3.80. The first kappa shape index (κ1) is 14.7. The van der Waals surface area contributed by atoms with Gasteiger partial charge in [-0.1, -0.05) is 0 Å². The monoisotopic (exact) mass is 296 g/mol. The van der Waals surface area contributed by atoms with E-state index in [4.69, 9.17) is 15.2 Å². The minimum atomic E-state index is -4.48. The fraction of sp³-hybridized carbons (Fsp3) is 0.727. The number of nitrogens with zero attached hydrogens (tertiary/aromatic N) is 1. The molecule has 1 saturated heterocycles. The van der Waals surface area contributed by atoms with Gasteiger partial charge in [0.1, 0.15) is 10.6 Å². The highest BCUT2D eigenvalue weighted by Gasteiger charge is 2.43. The van der Waals surface area contributed by atoms with Gasteiger partial charge in [-0.3, -0.25) is 0 Å². The van der Waals surface area contributed by atoms with Crippen molar-refractivity contribution in [3.8, 4) is 0 Å². The molecular weight excluding hydrogens is 281 g/mol. The first-order chi connectivity index (χ1) is 8.93. The van der Waals surface area contributed by atoms with Gasteiger partial charge in [0.25, 0.3) is 0 Å². The first-order valence-corrected chi connectivity index (χ1v) is 6.65. The normalized spacial score (nSPS) is 19.6. The van der Waals surface area contributed by atoms with Crippen LogP contribution < -0.4 is 5.73 Å². The maximum atomic E-state index is 12.9. The van der Waals surface area contributed by atoms with Crippen LogP contribution in [-0.4, -0.2) is 25.3 Å². The van der Waals surface area contributed by atoms with Crippen LogP contribution in [0.1, 0.15) is 28.4 Å². The van der Waals surface area contributed by atoms with Crippen LogP contribution in [0.25, 0.3) is 0 Å². The third kappa shape index (κ3) is 2.76. The van der Waals surface area contributed by atoms with Crippen molar-refractivity contribution in [3.63, 3.8) is 0 Å². The van der Waals surface area contributed by atoms with Crippen molar-refractivity contribution in [2.45, 2.75) is 31.2 Å². The minimum Gasteiger partial charge on any atom is -0.381 e. The molecule has 0 spiro atoms. The average Bonchev–Trinajstić information content (AvgIpc) is 2.84. The highest BCUT2D eigenvalue weighted by atomic mass is 32.1. The summed E-state index contributed by atoms with van der Waals surface area (Å²) in [6, 6.07) is 0. The summed E-state index contributed by atoms with van der Waals surface area (Å²) < 4.78 is 49.3. The summed E-state index contributed by atoms with van der Waals surface area (Å²) in [6.45, 7) is 0.724. The van der Waals surface area contributed by atoms with E-state index >= 15 is 0 Å². The molecule has 0 saturated carbocycles. The van der Waals surface area contributed by atoms with Crippen LogP contribution in [0, 0.1) is 0 Å². The number of alkyl halides is 3. The average molecular weight is 296 g/mol. The summed E-state index contributed by atoms with van der Waals surface area (Å²) in [5.74, 6) is 0. The van der Waals surface area contributed by atoms with Crippen LogP contribution in [0.5, 0.6) is 0 Å². The number of methoxy groups -OCH3 is 1. The molecular formula is C11H15F3N2O2S. The molecule has 0 unspecified atom stereocenters. The SMILES string of the molecule is COC1(c2nc(C(F)(F)F)c(CN)s2)CCOCC1. The van der Waals surface area contributed by atoms with E-state index in [1.165, 1.54) is 7.11 Å². The van der Waals surface area contributed by atoms with Crippen molar-refractivity contribution >= 4 is 11.3 Å². The first-order valence-electron chi connectivity index (χ1n) is 5.83. The second kappa shape index (κ2) is 5.35. The molecule has 8 heteroatoms. The van der Waals surface area contributed by atoms with E-state index in [0.717, 1.165) is 11.3 Å². The van der Waals surface area contributed by atoms with E-state index < -0.39 is 17.5 Å². The number of hydrogen-bond acceptors (Lipinski definition) is 5. The molecule has 0 aliphatic carbocycles. The van der Waals surface area contributed by atoms with Gasteiger partial charge < -0.3 is 15.2 Å². The minimum absolute atomic E-state index is 0.0467. The van der Waals surface area contributed by atoms with E-state index in [1.54, 1.807) is 0 Å². The molecule has 1 aromatic rings. The zero-order valence-corrected chi connectivity index (χ0v) is 11.2. The molecule has 0 radical (unpaired) electrons. The smallest absolute Gasteiger partial charge is 0.381 e. The van der Waals surface area contributed by atoms with Crippen LogP contribution in [0.3, 0.4) is 0 Å². The maximum Gasteiger partial charge on any atom is 0.434 e. The Labute approximate surface area is 112 Å². The lowest BCUT2D eigenvalue weighted by Crippen LogP contribution is -2.35. The predicted molar refractivity (Wildman–Crippen MR) is 63.7 cm³/mol. The molecule has 108 valence electrons. The van der Waals surface area contributed by atoms with Crippen molar-refractivity contribution in [2.75, 3.05) is 20.3 Å². The zero-order chi connectivity index (χ0) is 14.1. The molecule has 1 aliphatic heterocycles. The van der Waals surface area contributed by atoms with Gasteiger partial charge in [-0.15, -0.1) is 11.3 Å². The number of halogens is 3. The third-order valence-electron chi connectivity index (χ3n) is 3.23. The summed E-state index contributed by atoms with van der Waals surface area (Å²) in [5.41, 5.74) is 3.71. The Morgan fingerprint density at radius 3 is 2.47 bits per heavy atom. The number of ether oxygens (including phenoxy) is 2. The van der Waals surface area contributed by atoms with E-state index in [9.17, 15) is 13.2 Å². The Balaban J connectivity index is 2.42. The van der Waals surface area contributed by atoms with Crippen molar-refractivity contribution in [2.24, 2.45) is 5.73 Å². The lowest BCUT2D eigenvalue weighted by atomic mass is 9.95. The standard InChI is InChI=1S/C11H15F3N2O2S/c1-17-10(2-4-18-5-3-10)9-16-8(11(12,13)14)7(6-15)19-9/h2-6,15H2,1H3. The van der Waals surface area contributed by atoms with Crippen LogP contribution in [0.4, 0.5) is 13.2 Å². The topological polar surface area (TPSA) is 57.4 Å². The van der Waals surface area contributed by atoms with Crippen LogP contribution >= 0.6 is 11.3 Å². The quantitative estimate of drug-likeness (QED) is 0.929. The van der Waals surface area contributed by atoms with Crippen LogP contribution in [0.15, 0.2) is 0 Å². The van der Waals surface area contributed by atoms with Crippen LogP contribution in [0.2, 0.25) is 0 Å². The Bertz CT molecular complexity index is 442. The van der Waals surface area contributed by atoms with Gasteiger partial charge in [-0.05, 0) is 0 Å². The molecule has 1 aromatic heterocycles. The van der Waals surface area contributed by atoms with Gasteiger partial charge in [-0.2, -0.15) is 13.2 Å². The van der Waals surface area contributed by atoms with Crippen molar-refractivity contribution < 1.29 is 22.6 Å². The molecule has 0 amide bonds. The molecule has 19 heavy (non-hydrogen) atoms. The van der Waals surface area contributed by atoms with E-state index in [0.29, 0.717) is 31.1 Å². The molecule has 0 bridgehead atoms. The second-order valence-corrected chi connectivity index (χ2v) is 5.39. The number of nitrogens with two attached hydrogens (primary N) is 1. The van der Waals surface area contributed by atoms with E-state index in [-0.39, 0.29) is 11.4 Å². The molecule has 2 rings (SSSR count). The van der Waals surface area contributed by atoms with Gasteiger partial charge in [0, 0.05) is 39.7 Å². The fourth-order valence-corrected chi connectivity index (χ4v) is 3.30. The third-order valence-corrected chi connectivity index (χ3v) is 4.50.